The molecule has 0 aliphatic rings. The maximum atomic E-state index is 12.4. The largest absolute Gasteiger partial charge is 0.493 e. The molecule has 0 spiro atoms. The maximum absolute atomic E-state index is 12.4. The van der Waals surface area contributed by atoms with E-state index in [1.807, 2.05) is 0 Å². The summed E-state index contributed by atoms with van der Waals surface area (Å²) in [5.41, 5.74) is 1.53. The van der Waals surface area contributed by atoms with Gasteiger partial charge in [-0.3, -0.25) is 4.79 Å². The van der Waals surface area contributed by atoms with E-state index in [1.54, 1.807) is 58.4 Å². The Balaban J connectivity index is 1.82. The number of nitrogens with zero attached hydrogens (tertiary/aromatic N) is 3. The van der Waals surface area contributed by atoms with Gasteiger partial charge in [-0.05, 0) is 32.0 Å². The first-order valence-corrected chi connectivity index (χ1v) is 8.08. The number of hydrogen-bond acceptors (Lipinski definition) is 8. The highest BCUT2D eigenvalue weighted by molar-refractivity contribution is 6.02. The molecule has 1 amide bonds. The first kappa shape index (κ1) is 18.2. The minimum atomic E-state index is -0.413. The number of carbonyl (C=O) groups excluding carboxylic acids is 1. The van der Waals surface area contributed by atoms with Crippen molar-refractivity contribution in [3.05, 3.63) is 47.5 Å². The van der Waals surface area contributed by atoms with Crippen molar-refractivity contribution in [2.24, 2.45) is 0 Å². The van der Waals surface area contributed by atoms with Crippen molar-refractivity contribution in [2.75, 3.05) is 24.9 Å². The summed E-state index contributed by atoms with van der Waals surface area (Å²) in [7, 11) is 3.12. The normalized spacial score (nSPS) is 10.4. The van der Waals surface area contributed by atoms with Crippen molar-refractivity contribution in [3.8, 4) is 11.5 Å². The third-order valence-corrected chi connectivity index (χ3v) is 3.60. The van der Waals surface area contributed by atoms with Crippen molar-refractivity contribution in [1.29, 1.82) is 0 Å². The van der Waals surface area contributed by atoms with Crippen LogP contribution < -0.4 is 20.1 Å². The van der Waals surface area contributed by atoms with Gasteiger partial charge in [0.15, 0.2) is 17.3 Å². The minimum Gasteiger partial charge on any atom is -0.493 e. The zero-order chi connectivity index (χ0) is 19.4. The number of nitrogens with one attached hydrogen (secondary N) is 2. The van der Waals surface area contributed by atoms with Crippen LogP contribution in [0.1, 0.15) is 21.9 Å². The first-order valence-electron chi connectivity index (χ1n) is 8.08. The molecule has 2 heterocycles. The van der Waals surface area contributed by atoms with Crippen LogP contribution in [0.15, 0.2) is 34.9 Å². The summed E-state index contributed by atoms with van der Waals surface area (Å²) in [6, 6.07) is 8.52. The van der Waals surface area contributed by atoms with Gasteiger partial charge in [0, 0.05) is 23.5 Å². The SMILES string of the molecule is COc1ccc(Nc2nc(C)cc(C(=O)Nc3cc(C)on3)n2)cc1OC. The van der Waals surface area contributed by atoms with Gasteiger partial charge >= 0.3 is 0 Å². The second kappa shape index (κ2) is 7.73. The summed E-state index contributed by atoms with van der Waals surface area (Å²) in [5, 5.41) is 9.43. The molecule has 0 aliphatic carbocycles. The fourth-order valence-corrected chi connectivity index (χ4v) is 2.39. The molecule has 0 aliphatic heterocycles. The van der Waals surface area contributed by atoms with E-state index >= 15 is 0 Å². The number of benzene rings is 1. The molecule has 3 rings (SSSR count). The van der Waals surface area contributed by atoms with E-state index in [9.17, 15) is 4.79 Å². The smallest absolute Gasteiger partial charge is 0.275 e. The third kappa shape index (κ3) is 4.32. The molecule has 0 bridgehead atoms. The number of amides is 1. The molecule has 0 unspecified atom stereocenters. The fraction of sp³-hybridized carbons (Fsp3) is 0.222. The molecule has 140 valence electrons. The average Bonchev–Trinajstić information content (AvgIpc) is 3.05. The van der Waals surface area contributed by atoms with Crippen molar-refractivity contribution in [1.82, 2.24) is 15.1 Å². The van der Waals surface area contributed by atoms with Crippen LogP contribution in [-0.2, 0) is 0 Å². The first-order chi connectivity index (χ1) is 13.0. The Morgan fingerprint density at radius 3 is 2.48 bits per heavy atom. The third-order valence-electron chi connectivity index (χ3n) is 3.60. The summed E-state index contributed by atoms with van der Waals surface area (Å²) < 4.78 is 15.4. The van der Waals surface area contributed by atoms with Gasteiger partial charge < -0.3 is 24.6 Å². The van der Waals surface area contributed by atoms with Gasteiger partial charge in [0.25, 0.3) is 5.91 Å². The predicted octanol–water partition coefficient (Wildman–Crippen LogP) is 3.09. The summed E-state index contributed by atoms with van der Waals surface area (Å²) in [4.78, 5) is 21.0. The van der Waals surface area contributed by atoms with Gasteiger partial charge in [-0.25, -0.2) is 9.97 Å². The van der Waals surface area contributed by atoms with Crippen LogP contribution in [0.25, 0.3) is 0 Å². The molecular weight excluding hydrogens is 350 g/mol. The molecule has 0 saturated heterocycles. The number of ether oxygens (including phenoxy) is 2. The van der Waals surface area contributed by atoms with Gasteiger partial charge in [-0.15, -0.1) is 0 Å². The van der Waals surface area contributed by atoms with Crippen molar-refractivity contribution < 1.29 is 18.8 Å². The van der Waals surface area contributed by atoms with Crippen LogP contribution in [0.4, 0.5) is 17.5 Å². The Morgan fingerprint density at radius 1 is 1.04 bits per heavy atom. The quantitative estimate of drug-likeness (QED) is 0.682. The Morgan fingerprint density at radius 2 is 1.81 bits per heavy atom. The zero-order valence-corrected chi connectivity index (χ0v) is 15.4. The number of aromatic nitrogens is 3. The number of carbonyl (C=O) groups is 1. The van der Waals surface area contributed by atoms with E-state index < -0.39 is 5.91 Å². The second-order valence-corrected chi connectivity index (χ2v) is 5.69. The Hall–Kier alpha value is -3.62. The summed E-state index contributed by atoms with van der Waals surface area (Å²) in [5.74, 6) is 1.96. The van der Waals surface area contributed by atoms with E-state index in [2.05, 4.69) is 25.8 Å². The molecule has 2 aromatic heterocycles. The van der Waals surface area contributed by atoms with E-state index in [1.165, 1.54) is 0 Å². The lowest BCUT2D eigenvalue weighted by molar-refractivity contribution is 0.102. The zero-order valence-electron chi connectivity index (χ0n) is 15.4. The molecular formula is C18H19N5O4. The number of anilines is 3. The van der Waals surface area contributed by atoms with E-state index in [0.717, 1.165) is 0 Å². The lowest BCUT2D eigenvalue weighted by atomic mass is 10.2. The molecule has 27 heavy (non-hydrogen) atoms. The van der Waals surface area contributed by atoms with Gasteiger partial charge in [-0.2, -0.15) is 0 Å². The van der Waals surface area contributed by atoms with Crippen LogP contribution in [0.5, 0.6) is 11.5 Å². The summed E-state index contributed by atoms with van der Waals surface area (Å²) >= 11 is 0. The fourth-order valence-electron chi connectivity index (χ4n) is 2.39. The topological polar surface area (TPSA) is 111 Å². The highest BCUT2D eigenvalue weighted by atomic mass is 16.5. The molecule has 9 nitrogen and oxygen atoms in total. The molecule has 0 radical (unpaired) electrons. The van der Waals surface area contributed by atoms with Crippen LogP contribution in [0, 0.1) is 13.8 Å². The summed E-state index contributed by atoms with van der Waals surface area (Å²) in [6.45, 7) is 3.52. The Kier molecular flexibility index (Phi) is 5.20. The highest BCUT2D eigenvalue weighted by Crippen LogP contribution is 2.30. The molecule has 1 aromatic carbocycles. The minimum absolute atomic E-state index is 0.200. The molecule has 0 saturated carbocycles. The van der Waals surface area contributed by atoms with Crippen molar-refractivity contribution >= 4 is 23.4 Å². The molecule has 2 N–H and O–H groups in total. The number of hydrogen-bond donors (Lipinski definition) is 2. The van der Waals surface area contributed by atoms with Crippen LogP contribution in [0.3, 0.4) is 0 Å². The van der Waals surface area contributed by atoms with Crippen LogP contribution in [-0.4, -0.2) is 35.3 Å². The standard InChI is InChI=1S/C18H19N5O4/c1-10-7-13(17(24)22-16-8-11(2)27-23-16)21-18(19-10)20-12-5-6-14(25-3)15(9-12)26-4/h5-9H,1-4H3,(H,19,20,21)(H,22,23,24). The van der Waals surface area contributed by atoms with E-state index in [0.29, 0.717) is 34.5 Å². The maximum Gasteiger partial charge on any atom is 0.275 e. The molecule has 0 atom stereocenters. The number of rotatable bonds is 6. The van der Waals surface area contributed by atoms with Crippen molar-refractivity contribution in [2.45, 2.75) is 13.8 Å². The number of methoxy groups -OCH3 is 2. The second-order valence-electron chi connectivity index (χ2n) is 5.69. The van der Waals surface area contributed by atoms with E-state index in [4.69, 9.17) is 14.0 Å². The average molecular weight is 369 g/mol. The highest BCUT2D eigenvalue weighted by Gasteiger charge is 2.13. The predicted molar refractivity (Wildman–Crippen MR) is 98.8 cm³/mol. The van der Waals surface area contributed by atoms with Crippen LogP contribution in [0.2, 0.25) is 0 Å². The summed E-state index contributed by atoms with van der Waals surface area (Å²) in [6.07, 6.45) is 0. The lowest BCUT2D eigenvalue weighted by Crippen LogP contribution is -2.15. The van der Waals surface area contributed by atoms with Crippen LogP contribution >= 0.6 is 0 Å². The lowest BCUT2D eigenvalue weighted by Gasteiger charge is -2.11. The molecule has 9 heteroatoms. The van der Waals surface area contributed by atoms with E-state index in [-0.39, 0.29) is 11.6 Å². The Bertz CT molecular complexity index is 970. The van der Waals surface area contributed by atoms with Crippen molar-refractivity contribution in [3.63, 3.8) is 0 Å². The van der Waals surface area contributed by atoms with Gasteiger partial charge in [-0.1, -0.05) is 5.16 Å². The Labute approximate surface area is 155 Å². The number of aryl methyl sites for hydroxylation is 2. The molecule has 0 fully saturated rings. The van der Waals surface area contributed by atoms with Gasteiger partial charge in [0.1, 0.15) is 11.5 Å². The molecule has 3 aromatic rings. The van der Waals surface area contributed by atoms with Gasteiger partial charge in [0.05, 0.1) is 14.2 Å². The monoisotopic (exact) mass is 369 g/mol. The van der Waals surface area contributed by atoms with Gasteiger partial charge in [0.2, 0.25) is 5.95 Å².